The van der Waals surface area contributed by atoms with Crippen molar-refractivity contribution in [3.8, 4) is 0 Å². The Morgan fingerprint density at radius 2 is 1.82 bits per heavy atom. The highest BCUT2D eigenvalue weighted by molar-refractivity contribution is 5.95. The van der Waals surface area contributed by atoms with E-state index in [1.165, 1.54) is 11.1 Å². The van der Waals surface area contributed by atoms with Crippen molar-refractivity contribution in [2.75, 3.05) is 0 Å². The van der Waals surface area contributed by atoms with Gasteiger partial charge in [0.15, 0.2) is 5.78 Å². The smallest absolute Gasteiger partial charge is 0.309 e. The van der Waals surface area contributed by atoms with Crippen molar-refractivity contribution in [2.24, 2.45) is 45.3 Å². The Morgan fingerprint density at radius 1 is 1.12 bits per heavy atom. The van der Waals surface area contributed by atoms with Gasteiger partial charge in [0.25, 0.3) is 0 Å². The second kappa shape index (κ2) is 7.54. The van der Waals surface area contributed by atoms with Gasteiger partial charge in [-0.1, -0.05) is 51.8 Å². The Morgan fingerprint density at radius 3 is 2.50 bits per heavy atom. The first-order valence-corrected chi connectivity index (χ1v) is 13.6. The number of ether oxygens (including phenoxy) is 1. The van der Waals surface area contributed by atoms with E-state index >= 15 is 0 Å². The Bertz CT molecular complexity index is 970. The van der Waals surface area contributed by atoms with Crippen LogP contribution in [0.25, 0.3) is 0 Å². The van der Waals surface area contributed by atoms with Crippen LogP contribution in [-0.4, -0.2) is 29.1 Å². The van der Waals surface area contributed by atoms with E-state index in [1.54, 1.807) is 0 Å². The van der Waals surface area contributed by atoms with Crippen LogP contribution in [0.3, 0.4) is 0 Å². The van der Waals surface area contributed by atoms with Gasteiger partial charge in [-0.05, 0) is 87.0 Å². The minimum absolute atomic E-state index is 0.00806. The molecule has 4 nitrogen and oxygen atoms in total. The number of esters is 1. The third kappa shape index (κ3) is 2.99. The van der Waals surface area contributed by atoms with Gasteiger partial charge in [0.2, 0.25) is 0 Å². The first-order chi connectivity index (χ1) is 15.8. The monoisotopic (exact) mass is 468 g/mol. The number of aliphatic hydroxyl groups is 1. The van der Waals surface area contributed by atoms with E-state index in [0.29, 0.717) is 5.92 Å². The van der Waals surface area contributed by atoms with Gasteiger partial charge in [0.05, 0.1) is 12.0 Å². The molecule has 0 amide bonds. The number of carbonyl (C=O) groups excluding carboxylic acids is 2. The average molecular weight is 469 g/mol. The van der Waals surface area contributed by atoms with Gasteiger partial charge < -0.3 is 9.84 Å². The standard InChI is InChI=1S/C30H44O4/c1-17(2)9-8-10-18-24-22(34-26(18)33)16-30(7)20-15-21(31)25-27(3,4)23(32)12-13-28(25,5)19(20)11-14-29(24,30)6/h9,15,18-19,22-25,32H,8,10-14,16H2,1-7H3. The number of fused-ring (bicyclic) bond motifs is 7. The lowest BCUT2D eigenvalue weighted by Crippen LogP contribution is -2.60. The number of aliphatic hydroxyl groups excluding tert-OH is 1. The normalized spacial score (nSPS) is 48.8. The van der Waals surface area contributed by atoms with E-state index < -0.39 is 11.5 Å². The molecule has 4 heteroatoms. The van der Waals surface area contributed by atoms with E-state index in [-0.39, 0.29) is 51.9 Å². The molecule has 0 aromatic carbocycles. The van der Waals surface area contributed by atoms with E-state index in [9.17, 15) is 14.7 Å². The zero-order valence-electron chi connectivity index (χ0n) is 22.2. The molecule has 5 aliphatic rings. The minimum atomic E-state index is -0.430. The van der Waals surface area contributed by atoms with Gasteiger partial charge in [-0.15, -0.1) is 0 Å². The largest absolute Gasteiger partial charge is 0.462 e. The molecule has 188 valence electrons. The molecule has 9 atom stereocenters. The maximum Gasteiger partial charge on any atom is 0.309 e. The fraction of sp³-hybridized carbons (Fsp3) is 0.800. The summed E-state index contributed by atoms with van der Waals surface area (Å²) in [5.41, 5.74) is 1.90. The number of rotatable bonds is 3. The van der Waals surface area contributed by atoms with Crippen LogP contribution >= 0.6 is 0 Å². The third-order valence-corrected chi connectivity index (χ3v) is 11.6. The fourth-order valence-corrected chi connectivity index (χ4v) is 9.72. The quantitative estimate of drug-likeness (QED) is 0.406. The second-order valence-electron chi connectivity index (χ2n) is 13.8. The summed E-state index contributed by atoms with van der Waals surface area (Å²) < 4.78 is 6.06. The summed E-state index contributed by atoms with van der Waals surface area (Å²) in [6.45, 7) is 15.5. The molecular weight excluding hydrogens is 424 g/mol. The van der Waals surface area contributed by atoms with Crippen LogP contribution in [0.15, 0.2) is 23.3 Å². The molecule has 1 aliphatic heterocycles. The van der Waals surface area contributed by atoms with Crippen LogP contribution in [0.1, 0.15) is 93.4 Å². The van der Waals surface area contributed by atoms with E-state index in [0.717, 1.165) is 44.9 Å². The molecule has 1 heterocycles. The van der Waals surface area contributed by atoms with Crippen molar-refractivity contribution < 1.29 is 19.4 Å². The van der Waals surface area contributed by atoms with Crippen LogP contribution in [0.4, 0.5) is 0 Å². The van der Waals surface area contributed by atoms with Crippen molar-refractivity contribution in [3.05, 3.63) is 23.3 Å². The molecule has 0 bridgehead atoms. The van der Waals surface area contributed by atoms with Gasteiger partial charge in [-0.25, -0.2) is 0 Å². The lowest BCUT2D eigenvalue weighted by molar-refractivity contribution is -0.158. The van der Waals surface area contributed by atoms with E-state index in [4.69, 9.17) is 4.74 Å². The predicted octanol–water partition coefficient (Wildman–Crippen LogP) is 6.03. The molecule has 0 spiro atoms. The number of carbonyl (C=O) groups is 2. The summed E-state index contributed by atoms with van der Waals surface area (Å²) in [4.78, 5) is 26.7. The highest BCUT2D eigenvalue weighted by atomic mass is 16.6. The average Bonchev–Trinajstić information content (AvgIpc) is 3.15. The molecule has 4 fully saturated rings. The Labute approximate surface area is 205 Å². The number of hydrogen-bond acceptors (Lipinski definition) is 4. The van der Waals surface area contributed by atoms with Gasteiger partial charge in [0, 0.05) is 17.3 Å². The number of ketones is 1. The van der Waals surface area contributed by atoms with Gasteiger partial charge in [-0.3, -0.25) is 9.59 Å². The van der Waals surface area contributed by atoms with Crippen molar-refractivity contribution >= 4 is 11.8 Å². The minimum Gasteiger partial charge on any atom is -0.462 e. The number of allylic oxidation sites excluding steroid dienone is 4. The first-order valence-electron chi connectivity index (χ1n) is 13.6. The zero-order valence-corrected chi connectivity index (χ0v) is 22.2. The van der Waals surface area contributed by atoms with Crippen molar-refractivity contribution in [1.82, 2.24) is 0 Å². The summed E-state index contributed by atoms with van der Waals surface area (Å²) in [6, 6.07) is 0. The fourth-order valence-electron chi connectivity index (χ4n) is 9.72. The maximum absolute atomic E-state index is 13.8. The molecule has 3 saturated carbocycles. The molecule has 0 aromatic rings. The number of hydrogen-bond donors (Lipinski definition) is 1. The van der Waals surface area contributed by atoms with Crippen LogP contribution in [0.2, 0.25) is 0 Å². The first kappa shape index (κ1) is 24.3. The van der Waals surface area contributed by atoms with Gasteiger partial charge in [0.1, 0.15) is 6.10 Å². The summed E-state index contributed by atoms with van der Waals surface area (Å²) in [5, 5.41) is 10.8. The highest BCUT2D eigenvalue weighted by Gasteiger charge is 2.71. The maximum atomic E-state index is 13.8. The molecule has 0 radical (unpaired) electrons. The summed E-state index contributed by atoms with van der Waals surface area (Å²) in [7, 11) is 0. The predicted molar refractivity (Wildman–Crippen MR) is 133 cm³/mol. The van der Waals surface area contributed by atoms with Gasteiger partial charge >= 0.3 is 5.97 Å². The Balaban J connectivity index is 1.53. The lowest BCUT2D eigenvalue weighted by Gasteiger charge is -2.63. The zero-order chi connectivity index (χ0) is 24.8. The van der Waals surface area contributed by atoms with Gasteiger partial charge in [-0.2, -0.15) is 0 Å². The second-order valence-corrected chi connectivity index (χ2v) is 13.8. The van der Waals surface area contributed by atoms with E-state index in [2.05, 4.69) is 54.5 Å². The van der Waals surface area contributed by atoms with Crippen molar-refractivity contribution in [3.63, 3.8) is 0 Å². The van der Waals surface area contributed by atoms with Crippen LogP contribution in [0.5, 0.6) is 0 Å². The third-order valence-electron chi connectivity index (χ3n) is 11.6. The van der Waals surface area contributed by atoms with Crippen LogP contribution < -0.4 is 0 Å². The van der Waals surface area contributed by atoms with Crippen molar-refractivity contribution in [2.45, 2.75) is 106 Å². The summed E-state index contributed by atoms with van der Waals surface area (Å²) in [6.07, 6.45) is 10.2. The molecule has 9 unspecified atom stereocenters. The molecule has 4 aliphatic carbocycles. The molecular formula is C30H44O4. The highest BCUT2D eigenvalue weighted by Crippen LogP contribution is 2.74. The molecule has 34 heavy (non-hydrogen) atoms. The molecule has 0 aromatic heterocycles. The molecule has 1 saturated heterocycles. The Kier molecular flexibility index (Phi) is 5.39. The Hall–Kier alpha value is -1.42. The van der Waals surface area contributed by atoms with Crippen LogP contribution in [0, 0.1) is 45.3 Å². The summed E-state index contributed by atoms with van der Waals surface area (Å²) >= 11 is 0. The SMILES string of the molecule is CC(C)=CCCC1C(=O)OC2CC3(C)C4=CC(=O)C5C(C)(C)C(O)CCC5(C)C4CCC3(C)C21. The molecule has 5 rings (SSSR count). The summed E-state index contributed by atoms with van der Waals surface area (Å²) in [5.74, 6) is 0.599. The van der Waals surface area contributed by atoms with Crippen molar-refractivity contribution in [1.29, 1.82) is 0 Å². The van der Waals surface area contributed by atoms with Crippen LogP contribution in [-0.2, 0) is 14.3 Å². The molecule has 1 N–H and O–H groups in total. The lowest BCUT2D eigenvalue weighted by atomic mass is 9.40. The topological polar surface area (TPSA) is 63.6 Å². The van der Waals surface area contributed by atoms with E-state index in [1.807, 2.05) is 6.08 Å².